The Morgan fingerprint density at radius 2 is 2.09 bits per heavy atom. The van der Waals surface area contributed by atoms with Gasteiger partial charge in [0.1, 0.15) is 5.82 Å². The molecule has 0 atom stereocenters. The van der Waals surface area contributed by atoms with Crippen LogP contribution in [0.1, 0.15) is 18.1 Å². The van der Waals surface area contributed by atoms with Gasteiger partial charge in [-0.1, -0.05) is 13.0 Å². The van der Waals surface area contributed by atoms with Crippen molar-refractivity contribution in [2.24, 2.45) is 0 Å². The highest BCUT2D eigenvalue weighted by Gasteiger charge is 2.05. The van der Waals surface area contributed by atoms with Crippen LogP contribution in [0, 0.1) is 12.7 Å². The third-order valence-corrected chi connectivity index (χ3v) is 1.83. The molecule has 1 nitrogen and oxygen atoms in total. The summed E-state index contributed by atoms with van der Waals surface area (Å²) in [5.41, 5.74) is 7.40. The van der Waals surface area contributed by atoms with Gasteiger partial charge in [-0.25, -0.2) is 4.39 Å². The van der Waals surface area contributed by atoms with Crippen molar-refractivity contribution in [2.75, 3.05) is 5.73 Å². The monoisotopic (exact) mass is 153 g/mol. The molecule has 0 saturated heterocycles. The Kier molecular flexibility index (Phi) is 2.13. The fourth-order valence-corrected chi connectivity index (χ4v) is 1.11. The number of anilines is 1. The highest BCUT2D eigenvalue weighted by Crippen LogP contribution is 2.19. The molecule has 0 radical (unpaired) electrons. The standard InChI is InChI=1S/C9H12FN/c1-3-7-8(11)5-4-6(2)9(7)10/h4-5H,3,11H2,1-2H3. The zero-order valence-electron chi connectivity index (χ0n) is 6.82. The van der Waals surface area contributed by atoms with E-state index in [0.29, 0.717) is 23.2 Å². The molecular formula is C9H12FN. The second-order valence-electron chi connectivity index (χ2n) is 2.62. The molecule has 1 rings (SSSR count). The number of hydrogen-bond donors (Lipinski definition) is 1. The Bertz CT molecular complexity index is 269. The summed E-state index contributed by atoms with van der Waals surface area (Å²) in [4.78, 5) is 0. The van der Waals surface area contributed by atoms with Crippen LogP contribution in [0.5, 0.6) is 0 Å². The molecule has 0 aliphatic heterocycles. The lowest BCUT2D eigenvalue weighted by Crippen LogP contribution is -1.98. The Balaban J connectivity index is 3.29. The summed E-state index contributed by atoms with van der Waals surface area (Å²) in [6, 6.07) is 3.45. The number of benzene rings is 1. The predicted molar refractivity (Wildman–Crippen MR) is 44.9 cm³/mol. The SMILES string of the molecule is CCc1c(N)ccc(C)c1F. The van der Waals surface area contributed by atoms with E-state index in [1.54, 1.807) is 19.1 Å². The minimum absolute atomic E-state index is 0.160. The summed E-state index contributed by atoms with van der Waals surface area (Å²) >= 11 is 0. The van der Waals surface area contributed by atoms with Crippen LogP contribution in [-0.4, -0.2) is 0 Å². The van der Waals surface area contributed by atoms with Crippen LogP contribution in [0.15, 0.2) is 12.1 Å². The van der Waals surface area contributed by atoms with Gasteiger partial charge in [-0.2, -0.15) is 0 Å². The third kappa shape index (κ3) is 1.34. The maximum absolute atomic E-state index is 13.2. The number of rotatable bonds is 1. The van der Waals surface area contributed by atoms with Gasteiger partial charge in [-0.3, -0.25) is 0 Å². The van der Waals surface area contributed by atoms with E-state index in [0.717, 1.165) is 0 Å². The summed E-state index contributed by atoms with van der Waals surface area (Å²) in [7, 11) is 0. The van der Waals surface area contributed by atoms with Gasteiger partial charge in [0, 0.05) is 11.3 Å². The second-order valence-corrected chi connectivity index (χ2v) is 2.62. The van der Waals surface area contributed by atoms with Crippen LogP contribution in [0.25, 0.3) is 0 Å². The van der Waals surface area contributed by atoms with E-state index in [2.05, 4.69) is 0 Å². The van der Waals surface area contributed by atoms with E-state index in [9.17, 15) is 4.39 Å². The molecule has 11 heavy (non-hydrogen) atoms. The zero-order valence-corrected chi connectivity index (χ0v) is 6.82. The van der Waals surface area contributed by atoms with Crippen molar-refractivity contribution in [3.63, 3.8) is 0 Å². The number of nitrogens with two attached hydrogens (primary N) is 1. The summed E-state index contributed by atoms with van der Waals surface area (Å²) in [5.74, 6) is -0.160. The van der Waals surface area contributed by atoms with Gasteiger partial charge in [-0.05, 0) is 25.0 Å². The van der Waals surface area contributed by atoms with Gasteiger partial charge in [-0.15, -0.1) is 0 Å². The molecule has 0 unspecified atom stereocenters. The first-order valence-electron chi connectivity index (χ1n) is 3.70. The van der Waals surface area contributed by atoms with E-state index in [4.69, 9.17) is 5.73 Å². The van der Waals surface area contributed by atoms with Crippen molar-refractivity contribution in [3.05, 3.63) is 29.1 Å². The van der Waals surface area contributed by atoms with Gasteiger partial charge in [0.15, 0.2) is 0 Å². The molecule has 0 fully saturated rings. The average Bonchev–Trinajstić information content (AvgIpc) is 1.99. The lowest BCUT2D eigenvalue weighted by atomic mass is 10.1. The molecule has 0 spiro atoms. The van der Waals surface area contributed by atoms with E-state index < -0.39 is 0 Å². The third-order valence-electron chi connectivity index (χ3n) is 1.83. The fourth-order valence-electron chi connectivity index (χ4n) is 1.11. The normalized spacial score (nSPS) is 10.1. The lowest BCUT2D eigenvalue weighted by Gasteiger charge is -2.05. The summed E-state index contributed by atoms with van der Waals surface area (Å²) in [6.45, 7) is 3.64. The molecule has 0 aliphatic carbocycles. The first-order chi connectivity index (χ1) is 5.16. The van der Waals surface area contributed by atoms with E-state index >= 15 is 0 Å². The molecule has 0 heterocycles. The highest BCUT2D eigenvalue weighted by molar-refractivity contribution is 5.49. The first-order valence-corrected chi connectivity index (χ1v) is 3.70. The van der Waals surface area contributed by atoms with Crippen molar-refractivity contribution in [1.82, 2.24) is 0 Å². The van der Waals surface area contributed by atoms with E-state index in [-0.39, 0.29) is 5.82 Å². The first kappa shape index (κ1) is 8.05. The second kappa shape index (κ2) is 2.91. The Labute approximate surface area is 66.0 Å². The van der Waals surface area contributed by atoms with Crippen LogP contribution in [0.2, 0.25) is 0 Å². The molecule has 0 aliphatic rings. The smallest absolute Gasteiger partial charge is 0.131 e. The van der Waals surface area contributed by atoms with Crippen molar-refractivity contribution < 1.29 is 4.39 Å². The number of aryl methyl sites for hydroxylation is 1. The number of nitrogen functional groups attached to an aromatic ring is 1. The van der Waals surface area contributed by atoms with Gasteiger partial charge >= 0.3 is 0 Å². The largest absolute Gasteiger partial charge is 0.398 e. The van der Waals surface area contributed by atoms with Gasteiger partial charge in [0.25, 0.3) is 0 Å². The number of halogens is 1. The van der Waals surface area contributed by atoms with Crippen molar-refractivity contribution in [1.29, 1.82) is 0 Å². The van der Waals surface area contributed by atoms with Gasteiger partial charge in [0.2, 0.25) is 0 Å². The molecule has 2 N–H and O–H groups in total. The molecule has 1 aromatic carbocycles. The molecular weight excluding hydrogens is 141 g/mol. The molecule has 0 saturated carbocycles. The van der Waals surface area contributed by atoms with Crippen LogP contribution in [-0.2, 0) is 6.42 Å². The maximum atomic E-state index is 13.2. The maximum Gasteiger partial charge on any atom is 0.131 e. The fraction of sp³-hybridized carbons (Fsp3) is 0.333. The van der Waals surface area contributed by atoms with Crippen molar-refractivity contribution in [3.8, 4) is 0 Å². The highest BCUT2D eigenvalue weighted by atomic mass is 19.1. The molecule has 0 bridgehead atoms. The minimum atomic E-state index is -0.160. The van der Waals surface area contributed by atoms with Crippen LogP contribution in [0.3, 0.4) is 0 Å². The summed E-state index contributed by atoms with van der Waals surface area (Å²) < 4.78 is 13.2. The predicted octanol–water partition coefficient (Wildman–Crippen LogP) is 2.28. The Morgan fingerprint density at radius 1 is 1.45 bits per heavy atom. The lowest BCUT2D eigenvalue weighted by molar-refractivity contribution is 0.604. The minimum Gasteiger partial charge on any atom is -0.398 e. The van der Waals surface area contributed by atoms with Crippen LogP contribution >= 0.6 is 0 Å². The summed E-state index contributed by atoms with van der Waals surface area (Å²) in [6.07, 6.45) is 0.652. The molecule has 0 amide bonds. The van der Waals surface area contributed by atoms with Crippen LogP contribution < -0.4 is 5.73 Å². The Hall–Kier alpha value is -1.05. The molecule has 60 valence electrons. The molecule has 0 aromatic heterocycles. The summed E-state index contributed by atoms with van der Waals surface area (Å²) in [5, 5.41) is 0. The van der Waals surface area contributed by atoms with Crippen molar-refractivity contribution >= 4 is 5.69 Å². The Morgan fingerprint density at radius 3 is 2.55 bits per heavy atom. The molecule has 2 heteroatoms. The average molecular weight is 153 g/mol. The topological polar surface area (TPSA) is 26.0 Å². The van der Waals surface area contributed by atoms with Crippen molar-refractivity contribution in [2.45, 2.75) is 20.3 Å². The van der Waals surface area contributed by atoms with E-state index in [1.165, 1.54) is 0 Å². The van der Waals surface area contributed by atoms with E-state index in [1.807, 2.05) is 6.92 Å². The van der Waals surface area contributed by atoms with Gasteiger partial charge < -0.3 is 5.73 Å². The zero-order chi connectivity index (χ0) is 8.43. The molecule has 1 aromatic rings. The quantitative estimate of drug-likeness (QED) is 0.615. The van der Waals surface area contributed by atoms with Gasteiger partial charge in [0.05, 0.1) is 0 Å². The number of hydrogen-bond acceptors (Lipinski definition) is 1. The van der Waals surface area contributed by atoms with Crippen LogP contribution in [0.4, 0.5) is 10.1 Å².